The Bertz CT molecular complexity index is 511. The third kappa shape index (κ3) is 3.29. The lowest BCUT2D eigenvalue weighted by molar-refractivity contribution is 0.490. The molecule has 0 heterocycles. The molecular weight excluding hydrogens is 253 g/mol. The molecule has 0 aromatic heterocycles. The van der Waals surface area contributed by atoms with Crippen LogP contribution >= 0.6 is 0 Å². The molecule has 1 aromatic rings. The molecule has 1 atom stereocenters. The fourth-order valence-corrected chi connectivity index (χ4v) is 3.41. The van der Waals surface area contributed by atoms with E-state index in [1.165, 1.54) is 31.0 Å². The van der Waals surface area contributed by atoms with Crippen LogP contribution in [0, 0.1) is 11.7 Å². The highest BCUT2D eigenvalue weighted by Crippen LogP contribution is 2.34. The molecule has 0 saturated heterocycles. The van der Waals surface area contributed by atoms with Crippen molar-refractivity contribution in [3.8, 4) is 0 Å². The highest BCUT2D eigenvalue weighted by Gasteiger charge is 2.28. The maximum atomic E-state index is 13.5. The van der Waals surface area contributed by atoms with Crippen molar-refractivity contribution in [1.82, 2.24) is 4.72 Å². The zero-order chi connectivity index (χ0) is 13.2. The summed E-state index contributed by atoms with van der Waals surface area (Å²) in [5, 5.41) is 0. The van der Waals surface area contributed by atoms with Gasteiger partial charge in [0.05, 0.1) is 0 Å². The summed E-state index contributed by atoms with van der Waals surface area (Å²) in [7, 11) is -3.75. The molecule has 100 valence electrons. The Kier molecular flexibility index (Phi) is 4.02. The number of rotatable bonds is 6. The van der Waals surface area contributed by atoms with E-state index in [0.29, 0.717) is 5.92 Å². The zero-order valence-corrected chi connectivity index (χ0v) is 11.2. The number of hydrogen-bond acceptors (Lipinski definition) is 2. The molecule has 0 amide bonds. The fourth-order valence-electron chi connectivity index (χ4n) is 2.00. The first-order valence-corrected chi connectivity index (χ1v) is 7.78. The third-order valence-electron chi connectivity index (χ3n) is 3.26. The Hall–Kier alpha value is -0.940. The van der Waals surface area contributed by atoms with Crippen molar-refractivity contribution in [1.29, 1.82) is 0 Å². The second-order valence-electron chi connectivity index (χ2n) is 4.84. The number of nitrogens with one attached hydrogen (secondary N) is 1. The standard InChI is InChI=1S/C13H18FNO2S/c1-2-11(9-10-7-8-10)15-18(16,17)13-6-4-3-5-12(13)14/h3-6,10-11,15H,2,7-9H2,1H3. The quantitative estimate of drug-likeness (QED) is 0.864. The van der Waals surface area contributed by atoms with Crippen molar-refractivity contribution < 1.29 is 12.8 Å². The average molecular weight is 271 g/mol. The van der Waals surface area contributed by atoms with E-state index in [4.69, 9.17) is 0 Å². The van der Waals surface area contributed by atoms with Crippen molar-refractivity contribution >= 4 is 10.0 Å². The zero-order valence-electron chi connectivity index (χ0n) is 10.4. The van der Waals surface area contributed by atoms with Gasteiger partial charge in [-0.25, -0.2) is 17.5 Å². The first-order chi connectivity index (χ1) is 8.53. The summed E-state index contributed by atoms with van der Waals surface area (Å²) < 4.78 is 40.2. The van der Waals surface area contributed by atoms with Crippen molar-refractivity contribution in [2.75, 3.05) is 0 Å². The van der Waals surface area contributed by atoms with Crippen LogP contribution in [0.1, 0.15) is 32.6 Å². The van der Waals surface area contributed by atoms with Crippen LogP contribution in [0.5, 0.6) is 0 Å². The molecule has 1 aliphatic rings. The minimum atomic E-state index is -3.75. The third-order valence-corrected chi connectivity index (χ3v) is 4.81. The van der Waals surface area contributed by atoms with Gasteiger partial charge in [0, 0.05) is 6.04 Å². The monoisotopic (exact) mass is 271 g/mol. The Morgan fingerprint density at radius 2 is 2.06 bits per heavy atom. The van der Waals surface area contributed by atoms with Gasteiger partial charge >= 0.3 is 0 Å². The Balaban J connectivity index is 2.12. The highest BCUT2D eigenvalue weighted by atomic mass is 32.2. The Morgan fingerprint density at radius 1 is 1.39 bits per heavy atom. The predicted molar refractivity (Wildman–Crippen MR) is 68.1 cm³/mol. The largest absolute Gasteiger partial charge is 0.243 e. The van der Waals surface area contributed by atoms with Crippen molar-refractivity contribution in [3.63, 3.8) is 0 Å². The van der Waals surface area contributed by atoms with Gasteiger partial charge in [0.25, 0.3) is 0 Å². The SMILES string of the molecule is CCC(CC1CC1)NS(=O)(=O)c1ccccc1F. The second-order valence-corrected chi connectivity index (χ2v) is 6.52. The smallest absolute Gasteiger partial charge is 0.208 e. The van der Waals surface area contributed by atoms with Gasteiger partial charge in [-0.3, -0.25) is 0 Å². The van der Waals surface area contributed by atoms with E-state index in [9.17, 15) is 12.8 Å². The molecule has 3 nitrogen and oxygen atoms in total. The maximum absolute atomic E-state index is 13.5. The summed E-state index contributed by atoms with van der Waals surface area (Å²) in [6.45, 7) is 1.94. The summed E-state index contributed by atoms with van der Waals surface area (Å²) in [5.41, 5.74) is 0. The average Bonchev–Trinajstić information content (AvgIpc) is 3.12. The first-order valence-electron chi connectivity index (χ1n) is 6.29. The topological polar surface area (TPSA) is 46.2 Å². The Morgan fingerprint density at radius 3 is 2.61 bits per heavy atom. The number of hydrogen-bond donors (Lipinski definition) is 1. The van der Waals surface area contributed by atoms with E-state index < -0.39 is 15.8 Å². The van der Waals surface area contributed by atoms with E-state index in [1.807, 2.05) is 6.92 Å². The molecule has 1 fully saturated rings. The highest BCUT2D eigenvalue weighted by molar-refractivity contribution is 7.89. The van der Waals surface area contributed by atoms with Gasteiger partial charge in [-0.2, -0.15) is 0 Å². The van der Waals surface area contributed by atoms with E-state index in [2.05, 4.69) is 4.72 Å². The molecule has 1 saturated carbocycles. The number of halogens is 1. The van der Waals surface area contributed by atoms with Crippen LogP contribution in [-0.2, 0) is 10.0 Å². The molecule has 1 aliphatic carbocycles. The molecule has 1 unspecified atom stereocenters. The lowest BCUT2D eigenvalue weighted by Gasteiger charge is -2.17. The predicted octanol–water partition coefficient (Wildman–Crippen LogP) is 2.68. The molecule has 5 heteroatoms. The molecule has 0 bridgehead atoms. The molecule has 2 rings (SSSR count). The number of benzene rings is 1. The van der Waals surface area contributed by atoms with Crippen LogP contribution in [0.4, 0.5) is 4.39 Å². The van der Waals surface area contributed by atoms with Crippen molar-refractivity contribution in [2.24, 2.45) is 5.92 Å². The van der Waals surface area contributed by atoms with E-state index in [1.54, 1.807) is 0 Å². The molecule has 1 aromatic carbocycles. The maximum Gasteiger partial charge on any atom is 0.243 e. The van der Waals surface area contributed by atoms with Crippen molar-refractivity contribution in [2.45, 2.75) is 43.5 Å². The summed E-state index contributed by atoms with van der Waals surface area (Å²) in [6.07, 6.45) is 3.93. The van der Waals surface area contributed by atoms with Gasteiger partial charge in [0.15, 0.2) is 0 Å². The van der Waals surface area contributed by atoms with E-state index in [0.717, 1.165) is 18.9 Å². The molecular formula is C13H18FNO2S. The molecule has 0 radical (unpaired) electrons. The van der Waals surface area contributed by atoms with Gasteiger partial charge in [-0.1, -0.05) is 31.9 Å². The summed E-state index contributed by atoms with van der Waals surface area (Å²) in [6, 6.07) is 5.37. The van der Waals surface area contributed by atoms with Gasteiger partial charge in [0.1, 0.15) is 10.7 Å². The van der Waals surface area contributed by atoms with Gasteiger partial charge in [0.2, 0.25) is 10.0 Å². The lowest BCUT2D eigenvalue weighted by atomic mass is 10.1. The van der Waals surface area contributed by atoms with Crippen LogP contribution in [0.15, 0.2) is 29.2 Å². The molecule has 0 spiro atoms. The molecule has 18 heavy (non-hydrogen) atoms. The van der Waals surface area contributed by atoms with Crippen LogP contribution in [0.25, 0.3) is 0 Å². The van der Waals surface area contributed by atoms with Crippen LogP contribution in [-0.4, -0.2) is 14.5 Å². The second kappa shape index (κ2) is 5.36. The van der Waals surface area contributed by atoms with Crippen LogP contribution in [0.2, 0.25) is 0 Å². The van der Waals surface area contributed by atoms with Crippen LogP contribution in [0.3, 0.4) is 0 Å². The minimum Gasteiger partial charge on any atom is -0.208 e. The fraction of sp³-hybridized carbons (Fsp3) is 0.538. The molecule has 1 N–H and O–H groups in total. The van der Waals surface area contributed by atoms with E-state index in [-0.39, 0.29) is 10.9 Å². The van der Waals surface area contributed by atoms with E-state index >= 15 is 0 Å². The van der Waals surface area contributed by atoms with Gasteiger partial charge in [-0.15, -0.1) is 0 Å². The summed E-state index contributed by atoms with van der Waals surface area (Å²) >= 11 is 0. The number of sulfonamides is 1. The lowest BCUT2D eigenvalue weighted by Crippen LogP contribution is -2.35. The van der Waals surface area contributed by atoms with Crippen molar-refractivity contribution in [3.05, 3.63) is 30.1 Å². The van der Waals surface area contributed by atoms with Gasteiger partial charge in [-0.05, 0) is 30.9 Å². The Labute approximate surface area is 107 Å². The normalized spacial score (nSPS) is 17.7. The molecule has 0 aliphatic heterocycles. The van der Waals surface area contributed by atoms with Crippen LogP contribution < -0.4 is 4.72 Å². The van der Waals surface area contributed by atoms with Gasteiger partial charge < -0.3 is 0 Å². The minimum absolute atomic E-state index is 0.0953. The first kappa shape index (κ1) is 13.5. The summed E-state index contributed by atoms with van der Waals surface area (Å²) in [5.74, 6) is -0.0652. The summed E-state index contributed by atoms with van der Waals surface area (Å²) in [4.78, 5) is -0.265.